The number of likely N-dealkylation sites (N-methyl/N-ethyl adjacent to an activating group) is 1. The molecular weight excluding hydrogens is 401 g/mol. The smallest absolute Gasteiger partial charge is 0.276 e. The van der Waals surface area contributed by atoms with E-state index in [0.29, 0.717) is 12.2 Å². The molecule has 1 atom stereocenters. The van der Waals surface area contributed by atoms with Crippen LogP contribution in [0.5, 0.6) is 0 Å². The lowest BCUT2D eigenvalue weighted by Gasteiger charge is -2.43. The third kappa shape index (κ3) is 3.92. The Hall–Kier alpha value is -3.23. The standard InChI is InChI=1S/C22H26FN5O3/c1-3-27-20(30)18-12-17(19(29)24-16-10-8-14(23)9-11-16)26-28(18)13-22(27,2)21(31)25-15-6-4-5-7-15/h8-12,15H,3-7,13H2,1-2H3,(H,24,29)(H,25,31)/t22-/m0/s1. The third-order valence-corrected chi connectivity index (χ3v) is 6.13. The molecule has 2 aliphatic rings. The van der Waals surface area contributed by atoms with E-state index in [-0.39, 0.29) is 35.8 Å². The van der Waals surface area contributed by atoms with Gasteiger partial charge < -0.3 is 15.5 Å². The van der Waals surface area contributed by atoms with Gasteiger partial charge in [0, 0.05) is 24.3 Å². The van der Waals surface area contributed by atoms with Gasteiger partial charge in [0.25, 0.3) is 11.8 Å². The molecule has 0 radical (unpaired) electrons. The number of nitrogens with one attached hydrogen (secondary N) is 2. The lowest BCUT2D eigenvalue weighted by atomic mass is 9.94. The Balaban J connectivity index is 1.57. The predicted molar refractivity (Wildman–Crippen MR) is 112 cm³/mol. The lowest BCUT2D eigenvalue weighted by molar-refractivity contribution is -0.133. The van der Waals surface area contributed by atoms with Crippen LogP contribution < -0.4 is 10.6 Å². The zero-order valence-corrected chi connectivity index (χ0v) is 17.7. The van der Waals surface area contributed by atoms with E-state index in [4.69, 9.17) is 0 Å². The van der Waals surface area contributed by atoms with Crippen LogP contribution in [0.2, 0.25) is 0 Å². The highest BCUT2D eigenvalue weighted by Gasteiger charge is 2.48. The van der Waals surface area contributed by atoms with E-state index in [1.807, 2.05) is 6.92 Å². The second kappa shape index (κ2) is 8.13. The van der Waals surface area contributed by atoms with Gasteiger partial charge in [-0.05, 0) is 51.0 Å². The maximum atomic E-state index is 13.2. The molecule has 4 rings (SSSR count). The molecule has 2 aromatic rings. The van der Waals surface area contributed by atoms with Crippen molar-refractivity contribution in [2.75, 3.05) is 11.9 Å². The SMILES string of the molecule is CCN1C(=O)c2cc(C(=O)Nc3ccc(F)cc3)nn2C[C@@]1(C)C(=O)NC1CCCC1. The number of carbonyl (C=O) groups excluding carboxylic acids is 3. The number of anilines is 1. The van der Waals surface area contributed by atoms with Crippen LogP contribution in [-0.4, -0.2) is 50.5 Å². The Kier molecular flexibility index (Phi) is 5.51. The minimum absolute atomic E-state index is 0.0594. The molecular formula is C22H26FN5O3. The zero-order chi connectivity index (χ0) is 22.2. The van der Waals surface area contributed by atoms with Gasteiger partial charge in [-0.2, -0.15) is 5.10 Å². The Morgan fingerprint density at radius 1 is 1.23 bits per heavy atom. The molecule has 0 spiro atoms. The van der Waals surface area contributed by atoms with Crippen molar-refractivity contribution < 1.29 is 18.8 Å². The molecule has 2 N–H and O–H groups in total. The van der Waals surface area contributed by atoms with Gasteiger partial charge in [-0.15, -0.1) is 0 Å². The maximum absolute atomic E-state index is 13.2. The first-order valence-corrected chi connectivity index (χ1v) is 10.6. The van der Waals surface area contributed by atoms with Crippen molar-refractivity contribution >= 4 is 23.4 Å². The van der Waals surface area contributed by atoms with Crippen LogP contribution >= 0.6 is 0 Å². The molecule has 1 fully saturated rings. The van der Waals surface area contributed by atoms with E-state index in [1.165, 1.54) is 39.9 Å². The number of benzene rings is 1. The number of rotatable bonds is 5. The van der Waals surface area contributed by atoms with Gasteiger partial charge in [0.05, 0.1) is 6.54 Å². The number of aromatic nitrogens is 2. The van der Waals surface area contributed by atoms with E-state index < -0.39 is 17.3 Å². The molecule has 164 valence electrons. The molecule has 1 aliphatic heterocycles. The molecule has 0 bridgehead atoms. The van der Waals surface area contributed by atoms with Gasteiger partial charge in [-0.3, -0.25) is 19.1 Å². The zero-order valence-electron chi connectivity index (χ0n) is 17.7. The van der Waals surface area contributed by atoms with Crippen LogP contribution in [0.15, 0.2) is 30.3 Å². The molecule has 1 aliphatic carbocycles. The summed E-state index contributed by atoms with van der Waals surface area (Å²) in [6.45, 7) is 4.08. The molecule has 8 nitrogen and oxygen atoms in total. The summed E-state index contributed by atoms with van der Waals surface area (Å²) in [6.07, 6.45) is 4.08. The van der Waals surface area contributed by atoms with Gasteiger partial charge in [0.15, 0.2) is 5.69 Å². The highest BCUT2D eigenvalue weighted by Crippen LogP contribution is 2.28. The predicted octanol–water partition coefficient (Wildman–Crippen LogP) is 2.57. The monoisotopic (exact) mass is 427 g/mol. The summed E-state index contributed by atoms with van der Waals surface area (Å²) in [5.41, 5.74) is -0.362. The lowest BCUT2D eigenvalue weighted by Crippen LogP contribution is -2.64. The first-order chi connectivity index (χ1) is 14.8. The van der Waals surface area contributed by atoms with Crippen LogP contribution in [0, 0.1) is 5.82 Å². The van der Waals surface area contributed by atoms with E-state index in [2.05, 4.69) is 15.7 Å². The van der Waals surface area contributed by atoms with Crippen molar-refractivity contribution in [1.82, 2.24) is 20.0 Å². The minimum Gasteiger partial charge on any atom is -0.351 e. The number of amides is 3. The summed E-state index contributed by atoms with van der Waals surface area (Å²) < 4.78 is 14.5. The second-order valence-corrected chi connectivity index (χ2v) is 8.31. The van der Waals surface area contributed by atoms with E-state index >= 15 is 0 Å². The fourth-order valence-corrected chi connectivity index (χ4v) is 4.39. The van der Waals surface area contributed by atoms with Crippen LogP contribution in [0.3, 0.4) is 0 Å². The molecule has 1 aromatic carbocycles. The first-order valence-electron chi connectivity index (χ1n) is 10.6. The topological polar surface area (TPSA) is 96.3 Å². The van der Waals surface area contributed by atoms with Gasteiger partial charge in [-0.25, -0.2) is 4.39 Å². The third-order valence-electron chi connectivity index (χ3n) is 6.13. The Labute approximate surface area is 179 Å². The second-order valence-electron chi connectivity index (χ2n) is 8.31. The van der Waals surface area contributed by atoms with E-state index in [9.17, 15) is 18.8 Å². The Bertz CT molecular complexity index is 1010. The van der Waals surface area contributed by atoms with Gasteiger partial charge in [-0.1, -0.05) is 12.8 Å². The molecule has 3 amide bonds. The van der Waals surface area contributed by atoms with Crippen molar-refractivity contribution in [1.29, 1.82) is 0 Å². The molecule has 1 saturated carbocycles. The van der Waals surface area contributed by atoms with Crippen molar-refractivity contribution in [2.45, 2.75) is 57.7 Å². The summed E-state index contributed by atoms with van der Waals surface area (Å²) in [7, 11) is 0. The van der Waals surface area contributed by atoms with E-state index in [0.717, 1.165) is 25.7 Å². The largest absolute Gasteiger partial charge is 0.351 e. The number of carbonyl (C=O) groups is 3. The molecule has 0 saturated heterocycles. The van der Waals surface area contributed by atoms with Gasteiger partial charge in [0.1, 0.15) is 17.1 Å². The van der Waals surface area contributed by atoms with Gasteiger partial charge in [0.2, 0.25) is 5.91 Å². The molecule has 1 aromatic heterocycles. The molecule has 0 unspecified atom stereocenters. The van der Waals surface area contributed by atoms with Crippen LogP contribution in [-0.2, 0) is 11.3 Å². The fraction of sp³-hybridized carbons (Fsp3) is 0.455. The van der Waals surface area contributed by atoms with Crippen molar-refractivity contribution in [3.8, 4) is 0 Å². The summed E-state index contributed by atoms with van der Waals surface area (Å²) >= 11 is 0. The summed E-state index contributed by atoms with van der Waals surface area (Å²) in [4.78, 5) is 40.5. The van der Waals surface area contributed by atoms with Crippen LogP contribution in [0.1, 0.15) is 60.5 Å². The number of fused-ring (bicyclic) bond motifs is 1. The van der Waals surface area contributed by atoms with Crippen molar-refractivity contribution in [3.63, 3.8) is 0 Å². The van der Waals surface area contributed by atoms with Crippen LogP contribution in [0.25, 0.3) is 0 Å². The number of hydrogen-bond donors (Lipinski definition) is 2. The fourth-order valence-electron chi connectivity index (χ4n) is 4.39. The van der Waals surface area contributed by atoms with Gasteiger partial charge >= 0.3 is 0 Å². The number of nitrogens with zero attached hydrogens (tertiary/aromatic N) is 3. The summed E-state index contributed by atoms with van der Waals surface area (Å²) in [5.74, 6) is -1.46. The normalized spacial score (nSPS) is 21.1. The highest BCUT2D eigenvalue weighted by molar-refractivity contribution is 6.05. The van der Waals surface area contributed by atoms with Crippen LogP contribution in [0.4, 0.5) is 10.1 Å². The summed E-state index contributed by atoms with van der Waals surface area (Å²) in [6, 6.07) is 6.93. The number of hydrogen-bond acceptors (Lipinski definition) is 4. The Morgan fingerprint density at radius 3 is 2.55 bits per heavy atom. The molecule has 31 heavy (non-hydrogen) atoms. The Morgan fingerprint density at radius 2 is 1.90 bits per heavy atom. The average molecular weight is 427 g/mol. The summed E-state index contributed by atoms with van der Waals surface area (Å²) in [5, 5.41) is 10.0. The van der Waals surface area contributed by atoms with Crippen molar-refractivity contribution in [2.24, 2.45) is 0 Å². The van der Waals surface area contributed by atoms with E-state index in [1.54, 1.807) is 6.92 Å². The number of halogens is 1. The minimum atomic E-state index is -1.10. The van der Waals surface area contributed by atoms with Crippen molar-refractivity contribution in [3.05, 3.63) is 47.5 Å². The maximum Gasteiger partial charge on any atom is 0.276 e. The average Bonchev–Trinajstić information content (AvgIpc) is 3.40. The first kappa shape index (κ1) is 21.0. The quantitative estimate of drug-likeness (QED) is 0.767. The molecule has 2 heterocycles. The highest BCUT2D eigenvalue weighted by atomic mass is 19.1. The molecule has 9 heteroatoms.